The Labute approximate surface area is 150 Å². The van der Waals surface area contributed by atoms with Crippen LogP contribution < -0.4 is 9.64 Å². The van der Waals surface area contributed by atoms with Crippen LogP contribution in [0.2, 0.25) is 0 Å². The Morgan fingerprint density at radius 1 is 1.28 bits per heavy atom. The largest absolute Gasteiger partial charge is 0.495 e. The predicted molar refractivity (Wildman–Crippen MR) is 98.2 cm³/mol. The molecule has 3 aliphatic heterocycles. The minimum Gasteiger partial charge on any atom is -0.495 e. The van der Waals surface area contributed by atoms with Crippen molar-refractivity contribution in [1.82, 2.24) is 4.90 Å². The Kier molecular flexibility index (Phi) is 3.28. The molecule has 4 heteroatoms. The van der Waals surface area contributed by atoms with E-state index in [2.05, 4.69) is 24.0 Å². The van der Waals surface area contributed by atoms with E-state index in [4.69, 9.17) is 4.74 Å². The average Bonchev–Trinajstić information content (AvgIpc) is 3.19. The molecule has 3 heterocycles. The third kappa shape index (κ3) is 1.69. The molecule has 1 spiro atoms. The number of anilines is 1. The van der Waals surface area contributed by atoms with Crippen molar-refractivity contribution < 1.29 is 9.53 Å². The standard InChI is InChI=1S/C21H28N2O2/c1-3-20-9-5-12-22-13-11-21(19(20)22)15-6-4-7-16(25-2)18(15)23(14-24)17(21)8-10-20/h4,6-7,14,17,19H,3,5,8-13H2,1-2H3. The van der Waals surface area contributed by atoms with E-state index in [1.54, 1.807) is 7.11 Å². The summed E-state index contributed by atoms with van der Waals surface area (Å²) < 4.78 is 5.67. The zero-order valence-corrected chi connectivity index (χ0v) is 15.3. The molecule has 1 amide bonds. The molecule has 4 aliphatic rings. The van der Waals surface area contributed by atoms with E-state index in [-0.39, 0.29) is 5.41 Å². The smallest absolute Gasteiger partial charge is 0.214 e. The molecule has 1 saturated carbocycles. The van der Waals surface area contributed by atoms with Gasteiger partial charge in [0, 0.05) is 17.5 Å². The Bertz CT molecular complexity index is 720. The van der Waals surface area contributed by atoms with Gasteiger partial charge in [0.15, 0.2) is 0 Å². The summed E-state index contributed by atoms with van der Waals surface area (Å²) in [6, 6.07) is 7.27. The van der Waals surface area contributed by atoms with Gasteiger partial charge in [0.25, 0.3) is 0 Å². The summed E-state index contributed by atoms with van der Waals surface area (Å²) in [6.07, 6.45) is 8.53. The van der Waals surface area contributed by atoms with E-state index in [1.807, 2.05) is 11.0 Å². The lowest BCUT2D eigenvalue weighted by molar-refractivity contribution is -0.109. The molecule has 134 valence electrons. The second-order valence-electron chi connectivity index (χ2n) is 8.47. The van der Waals surface area contributed by atoms with Crippen molar-refractivity contribution in [2.24, 2.45) is 5.41 Å². The van der Waals surface area contributed by atoms with Gasteiger partial charge in [-0.25, -0.2) is 0 Å². The number of methoxy groups -OCH3 is 1. The van der Waals surface area contributed by atoms with Gasteiger partial charge in [0.2, 0.25) is 6.41 Å². The van der Waals surface area contributed by atoms with Crippen molar-refractivity contribution in [2.45, 2.75) is 62.9 Å². The van der Waals surface area contributed by atoms with E-state index < -0.39 is 0 Å². The second kappa shape index (κ2) is 5.23. The van der Waals surface area contributed by atoms with E-state index in [0.29, 0.717) is 17.5 Å². The number of hydrogen-bond acceptors (Lipinski definition) is 3. The summed E-state index contributed by atoms with van der Waals surface area (Å²) in [5.41, 5.74) is 2.93. The fourth-order valence-electron chi connectivity index (χ4n) is 7.16. The highest BCUT2D eigenvalue weighted by molar-refractivity contribution is 5.87. The summed E-state index contributed by atoms with van der Waals surface area (Å²) in [5.74, 6) is 0.852. The van der Waals surface area contributed by atoms with Crippen molar-refractivity contribution in [3.8, 4) is 5.75 Å². The molecule has 1 aromatic carbocycles. The van der Waals surface area contributed by atoms with Gasteiger partial charge >= 0.3 is 0 Å². The molecule has 2 saturated heterocycles. The molecule has 25 heavy (non-hydrogen) atoms. The van der Waals surface area contributed by atoms with Crippen LogP contribution in [-0.2, 0) is 10.2 Å². The van der Waals surface area contributed by atoms with Crippen molar-refractivity contribution in [3.63, 3.8) is 0 Å². The zero-order valence-electron chi connectivity index (χ0n) is 15.3. The maximum Gasteiger partial charge on any atom is 0.214 e. The number of nitrogens with zero attached hydrogens (tertiary/aromatic N) is 2. The topological polar surface area (TPSA) is 32.8 Å². The van der Waals surface area contributed by atoms with Crippen LogP contribution in [0.5, 0.6) is 5.75 Å². The van der Waals surface area contributed by atoms with Crippen molar-refractivity contribution in [3.05, 3.63) is 23.8 Å². The fraction of sp³-hybridized carbons (Fsp3) is 0.667. The maximum absolute atomic E-state index is 12.1. The molecule has 4 nitrogen and oxygen atoms in total. The lowest BCUT2D eigenvalue weighted by Crippen LogP contribution is -2.64. The van der Waals surface area contributed by atoms with Crippen LogP contribution in [0.4, 0.5) is 5.69 Å². The molecular formula is C21H28N2O2. The maximum atomic E-state index is 12.1. The summed E-state index contributed by atoms with van der Waals surface area (Å²) in [5, 5.41) is 0. The van der Waals surface area contributed by atoms with E-state index in [9.17, 15) is 4.79 Å². The summed E-state index contributed by atoms with van der Waals surface area (Å²) in [6.45, 7) is 4.78. The first kappa shape index (κ1) is 15.7. The van der Waals surface area contributed by atoms with E-state index in [0.717, 1.165) is 24.3 Å². The fourth-order valence-corrected chi connectivity index (χ4v) is 7.16. The highest BCUT2D eigenvalue weighted by atomic mass is 16.5. The number of benzene rings is 1. The van der Waals surface area contributed by atoms with Crippen molar-refractivity contribution in [2.75, 3.05) is 25.1 Å². The molecule has 0 N–H and O–H groups in total. The van der Waals surface area contributed by atoms with Crippen molar-refractivity contribution in [1.29, 1.82) is 0 Å². The van der Waals surface area contributed by atoms with Crippen LogP contribution in [0.3, 0.4) is 0 Å². The molecular weight excluding hydrogens is 312 g/mol. The van der Waals surface area contributed by atoms with Crippen LogP contribution in [0.1, 0.15) is 51.0 Å². The van der Waals surface area contributed by atoms with Crippen LogP contribution in [0.15, 0.2) is 18.2 Å². The van der Waals surface area contributed by atoms with E-state index in [1.165, 1.54) is 50.8 Å². The summed E-state index contributed by atoms with van der Waals surface area (Å²) in [7, 11) is 1.72. The monoisotopic (exact) mass is 340 g/mol. The van der Waals surface area contributed by atoms with Gasteiger partial charge in [-0.3, -0.25) is 9.69 Å². The second-order valence-corrected chi connectivity index (χ2v) is 8.47. The molecule has 5 rings (SSSR count). The molecule has 3 fully saturated rings. The van der Waals surface area contributed by atoms with Gasteiger partial charge in [0.05, 0.1) is 12.8 Å². The van der Waals surface area contributed by atoms with Crippen LogP contribution >= 0.6 is 0 Å². The predicted octanol–water partition coefficient (Wildman–Crippen LogP) is 3.34. The highest BCUT2D eigenvalue weighted by Crippen LogP contribution is 2.66. The highest BCUT2D eigenvalue weighted by Gasteiger charge is 2.68. The third-order valence-electron chi connectivity index (χ3n) is 8.01. The van der Waals surface area contributed by atoms with Crippen LogP contribution in [0, 0.1) is 5.41 Å². The molecule has 4 unspecified atom stereocenters. The van der Waals surface area contributed by atoms with Crippen LogP contribution in [0.25, 0.3) is 0 Å². The third-order valence-corrected chi connectivity index (χ3v) is 8.01. The Morgan fingerprint density at radius 3 is 2.92 bits per heavy atom. The Morgan fingerprint density at radius 2 is 2.16 bits per heavy atom. The quantitative estimate of drug-likeness (QED) is 0.791. The normalized spacial score (nSPS) is 38.9. The minimum absolute atomic E-state index is 0.0967. The van der Waals surface area contributed by atoms with Crippen LogP contribution in [-0.4, -0.2) is 43.6 Å². The Balaban J connectivity index is 1.76. The molecule has 0 radical (unpaired) electrons. The molecule has 0 bridgehead atoms. The number of rotatable bonds is 3. The number of fused-ring (bicyclic) bond motifs is 1. The molecule has 1 aliphatic carbocycles. The van der Waals surface area contributed by atoms with Gasteiger partial charge in [-0.1, -0.05) is 19.1 Å². The number of piperidine rings is 1. The number of carbonyl (C=O) groups is 1. The lowest BCUT2D eigenvalue weighted by Gasteiger charge is -2.58. The lowest BCUT2D eigenvalue weighted by atomic mass is 9.52. The minimum atomic E-state index is 0.0967. The SMILES string of the molecule is CCC12CCCN3CCC4(c5cccc(OC)c5N(C=O)C4CC1)C32. The molecule has 4 atom stereocenters. The van der Waals surface area contributed by atoms with Crippen molar-refractivity contribution >= 4 is 12.1 Å². The first-order valence-corrected chi connectivity index (χ1v) is 9.87. The number of ether oxygens (including phenoxy) is 1. The number of carbonyl (C=O) groups excluding carboxylic acids is 1. The van der Waals surface area contributed by atoms with Gasteiger partial charge in [-0.15, -0.1) is 0 Å². The molecule has 0 aromatic heterocycles. The first-order chi connectivity index (χ1) is 12.2. The van der Waals surface area contributed by atoms with Gasteiger partial charge in [-0.2, -0.15) is 0 Å². The first-order valence-electron chi connectivity index (χ1n) is 9.87. The summed E-state index contributed by atoms with van der Waals surface area (Å²) in [4.78, 5) is 16.9. The molecule has 1 aromatic rings. The number of hydrogen-bond donors (Lipinski definition) is 0. The zero-order chi connectivity index (χ0) is 17.2. The van der Waals surface area contributed by atoms with Gasteiger partial charge in [0.1, 0.15) is 5.75 Å². The average molecular weight is 340 g/mol. The van der Waals surface area contributed by atoms with Gasteiger partial charge < -0.3 is 9.64 Å². The Hall–Kier alpha value is -1.55. The van der Waals surface area contributed by atoms with E-state index >= 15 is 0 Å². The number of amides is 1. The summed E-state index contributed by atoms with van der Waals surface area (Å²) >= 11 is 0. The number of para-hydroxylation sites is 1. The van der Waals surface area contributed by atoms with Gasteiger partial charge in [-0.05, 0) is 68.7 Å².